The highest BCUT2D eigenvalue weighted by molar-refractivity contribution is 6.31. The van der Waals surface area contributed by atoms with E-state index in [4.69, 9.17) is 16.0 Å². The van der Waals surface area contributed by atoms with Crippen LogP contribution >= 0.6 is 11.6 Å². The molecule has 0 spiro atoms. The number of amides is 1. The van der Waals surface area contributed by atoms with Gasteiger partial charge < -0.3 is 14.3 Å². The van der Waals surface area contributed by atoms with Gasteiger partial charge in [0.05, 0.1) is 18.3 Å². The maximum atomic E-state index is 12.6. The third-order valence-corrected chi connectivity index (χ3v) is 3.87. The monoisotopic (exact) mass is 330 g/mol. The summed E-state index contributed by atoms with van der Waals surface area (Å²) in [4.78, 5) is 25.0. The molecule has 2 aromatic heterocycles. The molecule has 3 rings (SSSR count). The first-order chi connectivity index (χ1) is 11.1. The third kappa shape index (κ3) is 3.00. The lowest BCUT2D eigenvalue weighted by molar-refractivity contribution is 0.0946. The van der Waals surface area contributed by atoms with E-state index in [1.807, 2.05) is 11.5 Å². The molecule has 23 heavy (non-hydrogen) atoms. The molecule has 0 saturated heterocycles. The van der Waals surface area contributed by atoms with Crippen molar-refractivity contribution in [3.8, 4) is 0 Å². The Hall–Kier alpha value is -2.53. The SMILES string of the molecule is CCn1cc(C(=O)NCc2ccco2)c(=O)c2cc(Cl)ccc21. The highest BCUT2D eigenvalue weighted by Gasteiger charge is 2.15. The van der Waals surface area contributed by atoms with Crippen molar-refractivity contribution in [3.05, 3.63) is 69.4 Å². The number of benzene rings is 1. The maximum absolute atomic E-state index is 12.6. The van der Waals surface area contributed by atoms with E-state index >= 15 is 0 Å². The van der Waals surface area contributed by atoms with E-state index in [0.29, 0.717) is 22.7 Å². The van der Waals surface area contributed by atoms with Crippen LogP contribution < -0.4 is 10.7 Å². The average Bonchev–Trinajstić information content (AvgIpc) is 3.07. The lowest BCUT2D eigenvalue weighted by atomic mass is 10.1. The lowest BCUT2D eigenvalue weighted by Gasteiger charge is -2.11. The number of nitrogens with one attached hydrogen (secondary N) is 1. The first kappa shape index (κ1) is 15.4. The number of nitrogens with zero attached hydrogens (tertiary/aromatic N) is 1. The fraction of sp³-hybridized carbons (Fsp3) is 0.176. The summed E-state index contributed by atoms with van der Waals surface area (Å²) in [6.45, 7) is 2.81. The van der Waals surface area contributed by atoms with Gasteiger partial charge in [-0.05, 0) is 37.3 Å². The average molecular weight is 331 g/mol. The van der Waals surface area contributed by atoms with Gasteiger partial charge >= 0.3 is 0 Å². The first-order valence-corrected chi connectivity index (χ1v) is 7.61. The lowest BCUT2D eigenvalue weighted by Crippen LogP contribution is -2.29. The molecular weight excluding hydrogens is 316 g/mol. The van der Waals surface area contributed by atoms with Gasteiger partial charge in [-0.3, -0.25) is 9.59 Å². The molecule has 0 aliphatic carbocycles. The van der Waals surface area contributed by atoms with Gasteiger partial charge in [-0.25, -0.2) is 0 Å². The minimum absolute atomic E-state index is 0.0909. The van der Waals surface area contributed by atoms with Gasteiger partial charge in [0.2, 0.25) is 5.43 Å². The van der Waals surface area contributed by atoms with Crippen molar-refractivity contribution in [2.75, 3.05) is 0 Å². The number of rotatable bonds is 4. The number of hydrogen-bond acceptors (Lipinski definition) is 3. The van der Waals surface area contributed by atoms with Crippen LogP contribution in [0.3, 0.4) is 0 Å². The molecule has 1 N–H and O–H groups in total. The topological polar surface area (TPSA) is 64.2 Å². The van der Waals surface area contributed by atoms with Gasteiger partial charge in [0.25, 0.3) is 5.91 Å². The zero-order valence-electron chi connectivity index (χ0n) is 12.5. The van der Waals surface area contributed by atoms with E-state index in [9.17, 15) is 9.59 Å². The minimum atomic E-state index is -0.435. The Balaban J connectivity index is 2.01. The Morgan fingerprint density at radius 2 is 2.17 bits per heavy atom. The van der Waals surface area contributed by atoms with E-state index in [1.165, 1.54) is 6.26 Å². The van der Waals surface area contributed by atoms with Gasteiger partial charge in [-0.1, -0.05) is 11.6 Å². The smallest absolute Gasteiger partial charge is 0.257 e. The fourth-order valence-corrected chi connectivity index (χ4v) is 2.64. The second-order valence-corrected chi connectivity index (χ2v) is 5.52. The third-order valence-electron chi connectivity index (χ3n) is 3.63. The Labute approximate surface area is 137 Å². The van der Waals surface area contributed by atoms with E-state index in [-0.39, 0.29) is 17.5 Å². The standard InChI is InChI=1S/C17H15ClN2O3/c1-2-20-10-14(17(22)19-9-12-4-3-7-23-12)16(21)13-8-11(18)5-6-15(13)20/h3-8,10H,2,9H2,1H3,(H,19,22). The fourth-order valence-electron chi connectivity index (χ4n) is 2.47. The van der Waals surface area contributed by atoms with Crippen molar-refractivity contribution >= 4 is 28.4 Å². The molecule has 118 valence electrons. The summed E-state index contributed by atoms with van der Waals surface area (Å²) in [6.07, 6.45) is 3.11. The molecule has 1 aromatic carbocycles. The van der Waals surface area contributed by atoms with Crippen molar-refractivity contribution in [2.24, 2.45) is 0 Å². The van der Waals surface area contributed by atoms with Crippen LogP contribution in [0.25, 0.3) is 10.9 Å². The largest absolute Gasteiger partial charge is 0.467 e. The zero-order valence-corrected chi connectivity index (χ0v) is 13.3. The van der Waals surface area contributed by atoms with E-state index in [1.54, 1.807) is 36.5 Å². The van der Waals surface area contributed by atoms with Gasteiger partial charge in [0.1, 0.15) is 11.3 Å². The van der Waals surface area contributed by atoms with Gasteiger partial charge in [0, 0.05) is 23.2 Å². The highest BCUT2D eigenvalue weighted by Crippen LogP contribution is 2.17. The molecule has 1 amide bonds. The molecule has 0 radical (unpaired) electrons. The van der Waals surface area contributed by atoms with Crippen molar-refractivity contribution in [3.63, 3.8) is 0 Å². The summed E-state index contributed by atoms with van der Waals surface area (Å²) in [5.74, 6) is 0.188. The number of carbonyl (C=O) groups excluding carboxylic acids is 1. The van der Waals surface area contributed by atoms with Crippen LogP contribution in [0, 0.1) is 0 Å². The summed E-state index contributed by atoms with van der Waals surface area (Å²) in [5.41, 5.74) is 0.516. The molecule has 3 aromatic rings. The predicted molar refractivity (Wildman–Crippen MR) is 88.8 cm³/mol. The molecule has 0 unspecified atom stereocenters. The number of fused-ring (bicyclic) bond motifs is 1. The normalized spacial score (nSPS) is 10.9. The molecule has 0 saturated carbocycles. The molecule has 2 heterocycles. The summed E-state index contributed by atoms with van der Waals surface area (Å²) in [5, 5.41) is 3.59. The number of pyridine rings is 1. The second-order valence-electron chi connectivity index (χ2n) is 5.08. The molecule has 0 fully saturated rings. The van der Waals surface area contributed by atoms with Gasteiger partial charge in [0.15, 0.2) is 0 Å². The maximum Gasteiger partial charge on any atom is 0.257 e. The zero-order chi connectivity index (χ0) is 16.4. The Morgan fingerprint density at radius 1 is 1.35 bits per heavy atom. The molecule has 0 atom stereocenters. The van der Waals surface area contributed by atoms with E-state index < -0.39 is 5.91 Å². The van der Waals surface area contributed by atoms with Crippen molar-refractivity contribution < 1.29 is 9.21 Å². The Kier molecular flexibility index (Phi) is 4.21. The molecular formula is C17H15ClN2O3. The van der Waals surface area contributed by atoms with Crippen LogP contribution in [0.15, 0.2) is 52.0 Å². The van der Waals surface area contributed by atoms with Crippen LogP contribution in [0.2, 0.25) is 5.02 Å². The first-order valence-electron chi connectivity index (χ1n) is 7.23. The molecule has 5 nitrogen and oxygen atoms in total. The predicted octanol–water partition coefficient (Wildman–Crippen LogP) is 3.20. The number of aromatic nitrogens is 1. The van der Waals surface area contributed by atoms with Crippen molar-refractivity contribution in [1.29, 1.82) is 0 Å². The van der Waals surface area contributed by atoms with Gasteiger partial charge in [-0.15, -0.1) is 0 Å². The molecule has 0 aliphatic heterocycles. The second kappa shape index (κ2) is 6.30. The Morgan fingerprint density at radius 3 is 2.87 bits per heavy atom. The van der Waals surface area contributed by atoms with E-state index in [0.717, 1.165) is 5.52 Å². The highest BCUT2D eigenvalue weighted by atomic mass is 35.5. The van der Waals surface area contributed by atoms with Crippen LogP contribution in [0.4, 0.5) is 0 Å². The number of hydrogen-bond donors (Lipinski definition) is 1. The minimum Gasteiger partial charge on any atom is -0.467 e. The van der Waals surface area contributed by atoms with Crippen LogP contribution in [0.5, 0.6) is 0 Å². The van der Waals surface area contributed by atoms with Crippen LogP contribution in [-0.2, 0) is 13.1 Å². The number of halogens is 1. The van der Waals surface area contributed by atoms with Crippen molar-refractivity contribution in [1.82, 2.24) is 9.88 Å². The molecule has 6 heteroatoms. The van der Waals surface area contributed by atoms with Crippen LogP contribution in [-0.4, -0.2) is 10.5 Å². The van der Waals surface area contributed by atoms with Crippen LogP contribution in [0.1, 0.15) is 23.0 Å². The van der Waals surface area contributed by atoms with E-state index in [2.05, 4.69) is 5.32 Å². The summed E-state index contributed by atoms with van der Waals surface area (Å²) >= 11 is 5.99. The summed E-state index contributed by atoms with van der Waals surface area (Å²) in [7, 11) is 0. The van der Waals surface area contributed by atoms with Gasteiger partial charge in [-0.2, -0.15) is 0 Å². The number of aryl methyl sites for hydroxylation is 1. The molecule has 0 aliphatic rings. The number of carbonyl (C=O) groups is 1. The van der Waals surface area contributed by atoms with Crippen molar-refractivity contribution in [2.45, 2.75) is 20.0 Å². The quantitative estimate of drug-likeness (QED) is 0.799. The summed E-state index contributed by atoms with van der Waals surface area (Å²) in [6, 6.07) is 8.60. The Bertz CT molecular complexity index is 913. The number of furan rings is 1. The summed E-state index contributed by atoms with van der Waals surface area (Å²) < 4.78 is 7.02. The molecule has 0 bridgehead atoms.